The number of nitrogens with one attached hydrogen (secondary N) is 1. The van der Waals surface area contributed by atoms with E-state index in [0.29, 0.717) is 0 Å². The van der Waals surface area contributed by atoms with Crippen LogP contribution < -0.4 is 5.32 Å². The van der Waals surface area contributed by atoms with E-state index in [4.69, 9.17) is 0 Å². The third kappa shape index (κ3) is 3.85. The molecule has 0 spiro atoms. The Labute approximate surface area is 91.0 Å². The first kappa shape index (κ1) is 12.4. The van der Waals surface area contributed by atoms with Gasteiger partial charge < -0.3 is 5.32 Å². The summed E-state index contributed by atoms with van der Waals surface area (Å²) in [5.41, 5.74) is -0.00838. The van der Waals surface area contributed by atoms with Crippen molar-refractivity contribution in [3.8, 4) is 0 Å². The minimum absolute atomic E-state index is 0.00838. The maximum Gasteiger partial charge on any atom is 0.397 e. The van der Waals surface area contributed by atoms with E-state index in [1.165, 1.54) is 5.38 Å². The minimum atomic E-state index is -4.59. The molecule has 0 fully saturated rings. The average molecular weight is 254 g/mol. The molecule has 1 aromatic heterocycles. The molecule has 0 bridgehead atoms. The SMILES string of the molecule is O=C(CC(F)(F)F)Nc1csc([N+](=O)[O-])c1. The lowest BCUT2D eigenvalue weighted by Gasteiger charge is -2.05. The van der Waals surface area contributed by atoms with Crippen molar-refractivity contribution in [1.82, 2.24) is 0 Å². The standard InChI is InChI=1S/C7H5F3N2O3S/c8-7(9,10)2-5(13)11-4-1-6(12(14)15)16-3-4/h1,3H,2H2,(H,11,13). The normalized spacial score (nSPS) is 11.2. The van der Waals surface area contributed by atoms with Gasteiger partial charge in [0.05, 0.1) is 16.7 Å². The van der Waals surface area contributed by atoms with Gasteiger partial charge in [-0.05, 0) is 0 Å². The zero-order chi connectivity index (χ0) is 12.3. The van der Waals surface area contributed by atoms with Crippen molar-refractivity contribution < 1.29 is 22.9 Å². The molecule has 1 aromatic rings. The molecule has 9 heteroatoms. The molecule has 0 aliphatic heterocycles. The Morgan fingerprint density at radius 3 is 2.62 bits per heavy atom. The quantitative estimate of drug-likeness (QED) is 0.665. The molecule has 0 unspecified atom stereocenters. The third-order valence-corrected chi connectivity index (χ3v) is 2.29. The summed E-state index contributed by atoms with van der Waals surface area (Å²) in [6.45, 7) is 0. The van der Waals surface area contributed by atoms with Crippen LogP contribution in [0.3, 0.4) is 0 Å². The van der Waals surface area contributed by atoms with E-state index >= 15 is 0 Å². The predicted molar refractivity (Wildman–Crippen MR) is 50.3 cm³/mol. The van der Waals surface area contributed by atoms with Crippen molar-refractivity contribution in [3.63, 3.8) is 0 Å². The number of carbonyl (C=O) groups is 1. The number of thiophene rings is 1. The Hall–Kier alpha value is -1.64. The average Bonchev–Trinajstić information content (AvgIpc) is 2.48. The molecule has 1 amide bonds. The number of anilines is 1. The summed E-state index contributed by atoms with van der Waals surface area (Å²) < 4.78 is 35.3. The fourth-order valence-electron chi connectivity index (χ4n) is 0.873. The highest BCUT2D eigenvalue weighted by Crippen LogP contribution is 2.27. The molecule has 0 atom stereocenters. The second-order valence-corrected chi connectivity index (χ2v) is 3.66. The van der Waals surface area contributed by atoms with Crippen LogP contribution in [0.1, 0.15) is 6.42 Å². The molecule has 5 nitrogen and oxygen atoms in total. The summed E-state index contributed by atoms with van der Waals surface area (Å²) in [5, 5.41) is 13.1. The van der Waals surface area contributed by atoms with E-state index in [9.17, 15) is 28.1 Å². The monoisotopic (exact) mass is 254 g/mol. The van der Waals surface area contributed by atoms with Crippen LogP contribution in [0.5, 0.6) is 0 Å². The summed E-state index contributed by atoms with van der Waals surface area (Å²) in [6, 6.07) is 0.999. The number of nitro groups is 1. The van der Waals surface area contributed by atoms with Crippen molar-refractivity contribution in [3.05, 3.63) is 21.6 Å². The highest BCUT2D eigenvalue weighted by atomic mass is 32.1. The first-order chi connectivity index (χ1) is 7.28. The topological polar surface area (TPSA) is 72.2 Å². The van der Waals surface area contributed by atoms with Crippen LogP contribution in [0.25, 0.3) is 0 Å². The highest BCUT2D eigenvalue weighted by molar-refractivity contribution is 7.13. The Kier molecular flexibility index (Phi) is 3.48. The van der Waals surface area contributed by atoms with Crippen LogP contribution in [-0.4, -0.2) is 17.0 Å². The van der Waals surface area contributed by atoms with Crippen LogP contribution in [0, 0.1) is 10.1 Å². The van der Waals surface area contributed by atoms with Crippen molar-refractivity contribution in [2.45, 2.75) is 12.6 Å². The Balaban J connectivity index is 2.60. The van der Waals surface area contributed by atoms with Crippen molar-refractivity contribution >= 4 is 27.9 Å². The van der Waals surface area contributed by atoms with Gasteiger partial charge in [0.15, 0.2) is 0 Å². The van der Waals surface area contributed by atoms with Crippen LogP contribution in [0.2, 0.25) is 0 Å². The first-order valence-electron chi connectivity index (χ1n) is 3.87. The van der Waals surface area contributed by atoms with Gasteiger partial charge in [0, 0.05) is 5.38 Å². The summed E-state index contributed by atoms with van der Waals surface area (Å²) >= 11 is 0.723. The number of nitrogens with zero attached hydrogens (tertiary/aromatic N) is 1. The summed E-state index contributed by atoms with van der Waals surface area (Å²) in [7, 11) is 0. The molecule has 0 aliphatic carbocycles. The molecule has 0 aliphatic rings. The number of alkyl halides is 3. The smallest absolute Gasteiger partial charge is 0.325 e. The molecule has 0 saturated carbocycles. The Morgan fingerprint density at radius 2 is 2.19 bits per heavy atom. The van der Waals surface area contributed by atoms with E-state index in [1.54, 1.807) is 0 Å². The lowest BCUT2D eigenvalue weighted by Crippen LogP contribution is -2.20. The van der Waals surface area contributed by atoms with Gasteiger partial charge in [-0.25, -0.2) is 0 Å². The lowest BCUT2D eigenvalue weighted by atomic mass is 10.4. The molecule has 1 N–H and O–H groups in total. The second-order valence-electron chi connectivity index (χ2n) is 2.77. The molecule has 0 saturated heterocycles. The number of hydrogen-bond acceptors (Lipinski definition) is 4. The van der Waals surface area contributed by atoms with E-state index in [-0.39, 0.29) is 10.7 Å². The van der Waals surface area contributed by atoms with Crippen LogP contribution in [-0.2, 0) is 4.79 Å². The van der Waals surface area contributed by atoms with Gasteiger partial charge in [-0.15, -0.1) is 0 Å². The maximum absolute atomic E-state index is 11.8. The largest absolute Gasteiger partial charge is 0.397 e. The van der Waals surface area contributed by atoms with Crippen molar-refractivity contribution in [1.29, 1.82) is 0 Å². The maximum atomic E-state index is 11.8. The van der Waals surface area contributed by atoms with Gasteiger partial charge in [0.1, 0.15) is 6.42 Å². The molecule has 1 heterocycles. The summed E-state index contributed by atoms with van der Waals surface area (Å²) in [5.74, 6) is -1.25. The van der Waals surface area contributed by atoms with E-state index in [1.807, 2.05) is 5.32 Å². The molecular formula is C7H5F3N2O3S. The number of carbonyl (C=O) groups excluding carboxylic acids is 1. The Bertz CT molecular complexity index is 415. The van der Waals surface area contributed by atoms with Crippen LogP contribution in [0.15, 0.2) is 11.4 Å². The van der Waals surface area contributed by atoms with E-state index in [2.05, 4.69) is 0 Å². The number of rotatable bonds is 3. The van der Waals surface area contributed by atoms with Crippen molar-refractivity contribution in [2.24, 2.45) is 0 Å². The number of halogens is 3. The third-order valence-electron chi connectivity index (χ3n) is 1.41. The molecular weight excluding hydrogens is 249 g/mol. The second kappa shape index (κ2) is 4.47. The van der Waals surface area contributed by atoms with Gasteiger partial charge in [-0.1, -0.05) is 11.3 Å². The first-order valence-corrected chi connectivity index (χ1v) is 4.75. The van der Waals surface area contributed by atoms with E-state index in [0.717, 1.165) is 17.4 Å². The minimum Gasteiger partial charge on any atom is -0.325 e. The molecule has 88 valence electrons. The number of hydrogen-bond donors (Lipinski definition) is 1. The Morgan fingerprint density at radius 1 is 1.56 bits per heavy atom. The zero-order valence-electron chi connectivity index (χ0n) is 7.58. The molecule has 0 radical (unpaired) electrons. The zero-order valence-corrected chi connectivity index (χ0v) is 8.39. The van der Waals surface area contributed by atoms with Crippen LogP contribution >= 0.6 is 11.3 Å². The van der Waals surface area contributed by atoms with Crippen molar-refractivity contribution in [2.75, 3.05) is 5.32 Å². The van der Waals surface area contributed by atoms with E-state index < -0.39 is 23.4 Å². The van der Waals surface area contributed by atoms with Gasteiger partial charge in [0.25, 0.3) is 0 Å². The fourth-order valence-corrected chi connectivity index (χ4v) is 1.53. The molecule has 16 heavy (non-hydrogen) atoms. The van der Waals surface area contributed by atoms with Gasteiger partial charge in [-0.3, -0.25) is 14.9 Å². The van der Waals surface area contributed by atoms with Gasteiger partial charge >= 0.3 is 11.2 Å². The molecule has 0 aromatic carbocycles. The number of amides is 1. The van der Waals surface area contributed by atoms with Crippen LogP contribution in [0.4, 0.5) is 23.9 Å². The highest BCUT2D eigenvalue weighted by Gasteiger charge is 2.31. The summed E-state index contributed by atoms with van der Waals surface area (Å²) in [4.78, 5) is 20.4. The summed E-state index contributed by atoms with van der Waals surface area (Å²) in [6.07, 6.45) is -6.21. The lowest BCUT2D eigenvalue weighted by molar-refractivity contribution is -0.380. The van der Waals surface area contributed by atoms with Gasteiger partial charge in [-0.2, -0.15) is 13.2 Å². The molecule has 1 rings (SSSR count). The fraction of sp³-hybridized carbons (Fsp3) is 0.286. The predicted octanol–water partition coefficient (Wildman–Crippen LogP) is 2.55. The van der Waals surface area contributed by atoms with Gasteiger partial charge in [0.2, 0.25) is 5.91 Å².